The van der Waals surface area contributed by atoms with Gasteiger partial charge in [0.15, 0.2) is 0 Å². The molecule has 1 aromatic carbocycles. The van der Waals surface area contributed by atoms with Crippen molar-refractivity contribution in [3.8, 4) is 0 Å². The van der Waals surface area contributed by atoms with Crippen molar-refractivity contribution in [1.29, 1.82) is 0 Å². The minimum atomic E-state index is -0.851. The van der Waals surface area contributed by atoms with Gasteiger partial charge in [0.25, 0.3) is 0 Å². The van der Waals surface area contributed by atoms with E-state index in [2.05, 4.69) is 0 Å². The van der Waals surface area contributed by atoms with Crippen LogP contribution in [-0.2, 0) is 4.79 Å². The molecule has 1 aromatic rings. The number of benzene rings is 1. The summed E-state index contributed by atoms with van der Waals surface area (Å²) in [6.45, 7) is 0. The second kappa shape index (κ2) is 7.91. The Morgan fingerprint density at radius 3 is 2.56 bits per heavy atom. The summed E-state index contributed by atoms with van der Waals surface area (Å²) >= 11 is 0. The van der Waals surface area contributed by atoms with E-state index in [1.54, 1.807) is 0 Å². The summed E-state index contributed by atoms with van der Waals surface area (Å²) in [7, 11) is 0. The summed E-state index contributed by atoms with van der Waals surface area (Å²) in [5.41, 5.74) is 6.70. The normalized spacial score (nSPS) is 12.1. The molecule has 0 aliphatic rings. The maximum absolute atomic E-state index is 10.3. The molecule has 0 heterocycles. The second-order valence-corrected chi connectivity index (χ2v) is 3.41. The smallest absolute Gasteiger partial charge is 0.304 e. The summed E-state index contributed by atoms with van der Waals surface area (Å²) in [6.07, 6.45) is 4.45. The lowest BCUT2D eigenvalue weighted by atomic mass is 10.1. The lowest BCUT2D eigenvalue weighted by molar-refractivity contribution is -0.137. The van der Waals surface area contributed by atoms with Crippen LogP contribution in [0.5, 0.6) is 0 Å². The standard InChI is InChI=1S/C12H15NO2.ClH/c13-11(9-12(14)15)8-4-7-10-5-2-1-3-6-10;/h1-7,11H,8-9,13H2,(H,14,15);1H/b7-4+;. The highest BCUT2D eigenvalue weighted by Crippen LogP contribution is 2.03. The van der Waals surface area contributed by atoms with Gasteiger partial charge >= 0.3 is 5.97 Å². The predicted molar refractivity (Wildman–Crippen MR) is 67.6 cm³/mol. The van der Waals surface area contributed by atoms with E-state index in [9.17, 15) is 4.79 Å². The van der Waals surface area contributed by atoms with Crippen molar-refractivity contribution in [3.05, 3.63) is 42.0 Å². The number of hydrogen-bond donors (Lipinski definition) is 2. The summed E-state index contributed by atoms with van der Waals surface area (Å²) in [6, 6.07) is 9.53. The number of aliphatic carboxylic acids is 1. The average Bonchev–Trinajstić information content (AvgIpc) is 2.18. The molecular weight excluding hydrogens is 226 g/mol. The number of carbonyl (C=O) groups is 1. The maximum Gasteiger partial charge on any atom is 0.304 e. The minimum Gasteiger partial charge on any atom is -0.481 e. The van der Waals surface area contributed by atoms with Crippen LogP contribution >= 0.6 is 12.4 Å². The Balaban J connectivity index is 0.00000225. The molecule has 0 amide bonds. The fourth-order valence-corrected chi connectivity index (χ4v) is 1.25. The highest BCUT2D eigenvalue weighted by molar-refractivity contribution is 5.85. The van der Waals surface area contributed by atoms with Gasteiger partial charge in [0.2, 0.25) is 0 Å². The topological polar surface area (TPSA) is 63.3 Å². The molecule has 1 rings (SSSR count). The van der Waals surface area contributed by atoms with Crippen molar-refractivity contribution < 1.29 is 9.90 Å². The van der Waals surface area contributed by atoms with E-state index in [1.165, 1.54) is 0 Å². The third kappa shape index (κ3) is 6.22. The van der Waals surface area contributed by atoms with Crippen LogP contribution in [0, 0.1) is 0 Å². The third-order valence-corrected chi connectivity index (χ3v) is 1.99. The largest absolute Gasteiger partial charge is 0.481 e. The number of carboxylic acid groups (broad SMARTS) is 1. The van der Waals surface area contributed by atoms with Crippen LogP contribution in [0.4, 0.5) is 0 Å². The number of rotatable bonds is 5. The average molecular weight is 242 g/mol. The molecule has 0 fully saturated rings. The van der Waals surface area contributed by atoms with E-state index in [-0.39, 0.29) is 24.9 Å². The quantitative estimate of drug-likeness (QED) is 0.832. The highest BCUT2D eigenvalue weighted by atomic mass is 35.5. The van der Waals surface area contributed by atoms with E-state index in [1.807, 2.05) is 42.5 Å². The molecule has 0 aromatic heterocycles. The fourth-order valence-electron chi connectivity index (χ4n) is 1.25. The zero-order valence-electron chi connectivity index (χ0n) is 8.87. The van der Waals surface area contributed by atoms with E-state index in [0.717, 1.165) is 5.56 Å². The van der Waals surface area contributed by atoms with Gasteiger partial charge in [-0.15, -0.1) is 12.4 Å². The maximum atomic E-state index is 10.3. The van der Waals surface area contributed by atoms with Crippen LogP contribution in [0.25, 0.3) is 6.08 Å². The van der Waals surface area contributed by atoms with Gasteiger partial charge in [-0.1, -0.05) is 42.5 Å². The monoisotopic (exact) mass is 241 g/mol. The van der Waals surface area contributed by atoms with E-state index in [0.29, 0.717) is 6.42 Å². The van der Waals surface area contributed by atoms with Gasteiger partial charge in [0.1, 0.15) is 0 Å². The highest BCUT2D eigenvalue weighted by Gasteiger charge is 2.04. The molecule has 0 bridgehead atoms. The molecule has 0 aliphatic heterocycles. The molecule has 1 atom stereocenters. The first kappa shape index (κ1) is 14.7. The molecule has 0 spiro atoms. The van der Waals surface area contributed by atoms with E-state index in [4.69, 9.17) is 10.8 Å². The molecule has 0 aliphatic carbocycles. The van der Waals surface area contributed by atoms with Crippen LogP contribution in [0.2, 0.25) is 0 Å². The fraction of sp³-hybridized carbons (Fsp3) is 0.250. The molecule has 88 valence electrons. The van der Waals surface area contributed by atoms with Gasteiger partial charge in [-0.3, -0.25) is 4.79 Å². The molecule has 16 heavy (non-hydrogen) atoms. The lowest BCUT2D eigenvalue weighted by Crippen LogP contribution is -2.22. The Bertz CT molecular complexity index is 338. The van der Waals surface area contributed by atoms with Gasteiger partial charge in [0, 0.05) is 6.04 Å². The van der Waals surface area contributed by atoms with Crippen molar-refractivity contribution in [2.75, 3.05) is 0 Å². The molecule has 3 nitrogen and oxygen atoms in total. The Morgan fingerprint density at radius 2 is 2.00 bits per heavy atom. The molecule has 0 saturated heterocycles. The summed E-state index contributed by atoms with van der Waals surface area (Å²) in [5, 5.41) is 8.50. The number of halogens is 1. The Labute approximate surface area is 101 Å². The number of carboxylic acids is 1. The molecule has 3 N–H and O–H groups in total. The zero-order chi connectivity index (χ0) is 11.1. The molecule has 1 unspecified atom stereocenters. The van der Waals surface area contributed by atoms with E-state index >= 15 is 0 Å². The second-order valence-electron chi connectivity index (χ2n) is 3.41. The minimum absolute atomic E-state index is 0. The van der Waals surface area contributed by atoms with Crippen LogP contribution < -0.4 is 5.73 Å². The summed E-state index contributed by atoms with van der Waals surface area (Å²) in [5.74, 6) is -0.851. The van der Waals surface area contributed by atoms with Gasteiger partial charge in [-0.05, 0) is 12.0 Å². The zero-order valence-corrected chi connectivity index (χ0v) is 9.69. The molecule has 4 heteroatoms. The van der Waals surface area contributed by atoms with Gasteiger partial charge in [-0.2, -0.15) is 0 Å². The molecule has 0 radical (unpaired) electrons. The number of hydrogen-bond acceptors (Lipinski definition) is 2. The summed E-state index contributed by atoms with van der Waals surface area (Å²) < 4.78 is 0. The Hall–Kier alpha value is -1.32. The first-order valence-electron chi connectivity index (χ1n) is 4.87. The van der Waals surface area contributed by atoms with E-state index < -0.39 is 5.97 Å². The Morgan fingerprint density at radius 1 is 1.38 bits per heavy atom. The molecular formula is C12H16ClNO2. The summed E-state index contributed by atoms with van der Waals surface area (Å²) in [4.78, 5) is 10.3. The lowest BCUT2D eigenvalue weighted by Gasteiger charge is -2.03. The van der Waals surface area contributed by atoms with Crippen LogP contribution in [0.3, 0.4) is 0 Å². The SMILES string of the molecule is Cl.NC(C/C=C/c1ccccc1)CC(=O)O. The van der Waals surface area contributed by atoms with Crippen LogP contribution in [-0.4, -0.2) is 17.1 Å². The van der Waals surface area contributed by atoms with Crippen LogP contribution in [0.1, 0.15) is 18.4 Å². The first-order valence-corrected chi connectivity index (χ1v) is 4.87. The van der Waals surface area contributed by atoms with Gasteiger partial charge in [0.05, 0.1) is 6.42 Å². The van der Waals surface area contributed by atoms with Crippen molar-refractivity contribution in [1.82, 2.24) is 0 Å². The molecule has 0 saturated carbocycles. The first-order chi connectivity index (χ1) is 7.18. The van der Waals surface area contributed by atoms with Crippen LogP contribution in [0.15, 0.2) is 36.4 Å². The van der Waals surface area contributed by atoms with Gasteiger partial charge < -0.3 is 10.8 Å². The Kier molecular flexibility index (Phi) is 7.25. The number of nitrogens with two attached hydrogens (primary N) is 1. The van der Waals surface area contributed by atoms with Crippen molar-refractivity contribution in [3.63, 3.8) is 0 Å². The van der Waals surface area contributed by atoms with Crippen molar-refractivity contribution >= 4 is 24.5 Å². The van der Waals surface area contributed by atoms with Crippen molar-refractivity contribution in [2.45, 2.75) is 18.9 Å². The van der Waals surface area contributed by atoms with Crippen molar-refractivity contribution in [2.24, 2.45) is 5.73 Å². The predicted octanol–water partition coefficient (Wildman–Crippen LogP) is 2.31. The van der Waals surface area contributed by atoms with Gasteiger partial charge in [-0.25, -0.2) is 0 Å². The third-order valence-electron chi connectivity index (χ3n) is 1.99.